The summed E-state index contributed by atoms with van der Waals surface area (Å²) in [4.78, 5) is 0. The summed E-state index contributed by atoms with van der Waals surface area (Å²) in [6, 6.07) is 16.2. The van der Waals surface area contributed by atoms with Crippen molar-refractivity contribution in [2.75, 3.05) is 0 Å². The van der Waals surface area contributed by atoms with Crippen LogP contribution in [0.25, 0.3) is 0 Å². The number of benzene rings is 2. The highest BCUT2D eigenvalue weighted by molar-refractivity contribution is 7.79. The molecule has 0 unspecified atom stereocenters. The van der Waals surface area contributed by atoms with E-state index in [-0.39, 0.29) is 5.66 Å². The molecule has 0 fully saturated rings. The second kappa shape index (κ2) is 5.35. The van der Waals surface area contributed by atoms with Gasteiger partial charge in [0.1, 0.15) is 7.14 Å². The fraction of sp³-hybridized carbons (Fsp3) is 0.294. The third kappa shape index (κ3) is 2.67. The van der Waals surface area contributed by atoms with Crippen LogP contribution >= 0.6 is 7.14 Å². The normalized spacial score (nSPS) is 11.8. The van der Waals surface area contributed by atoms with Crippen molar-refractivity contribution in [2.24, 2.45) is 0 Å². The molecule has 0 atom stereocenters. The lowest BCUT2D eigenvalue weighted by molar-refractivity contribution is 0.581. The van der Waals surface area contributed by atoms with Crippen molar-refractivity contribution in [3.63, 3.8) is 0 Å². The Morgan fingerprint density at radius 2 is 1.26 bits per heavy atom. The van der Waals surface area contributed by atoms with Crippen LogP contribution in [0.2, 0.25) is 0 Å². The van der Waals surface area contributed by atoms with Gasteiger partial charge in [-0.2, -0.15) is 0 Å². The minimum Gasteiger partial charge on any atom is -0.313 e. The van der Waals surface area contributed by atoms with Crippen LogP contribution in [-0.4, -0.2) is 5.66 Å². The summed E-state index contributed by atoms with van der Waals surface area (Å²) in [6.07, 6.45) is 0. The lowest BCUT2D eigenvalue weighted by Gasteiger charge is -2.23. The molecule has 0 aliphatic carbocycles. The fourth-order valence-corrected chi connectivity index (χ4v) is 5.31. The van der Waals surface area contributed by atoms with E-state index in [0.717, 1.165) is 21.7 Å². The summed E-state index contributed by atoms with van der Waals surface area (Å²) < 4.78 is 13.6. The number of hydrogen-bond acceptors (Lipinski definition) is 1. The Balaban J connectivity index is 2.65. The monoisotopic (exact) mass is 272 g/mol. The van der Waals surface area contributed by atoms with E-state index < -0.39 is 7.14 Å². The van der Waals surface area contributed by atoms with Gasteiger partial charge < -0.3 is 4.57 Å². The molecule has 2 rings (SSSR count). The number of aryl methyl sites for hydroxylation is 2. The van der Waals surface area contributed by atoms with Gasteiger partial charge in [-0.15, -0.1) is 0 Å². The molecule has 0 aliphatic rings. The van der Waals surface area contributed by atoms with E-state index in [1.165, 1.54) is 0 Å². The minimum atomic E-state index is -2.55. The van der Waals surface area contributed by atoms with E-state index in [1.807, 2.05) is 64.1 Å². The lowest BCUT2D eigenvalue weighted by Crippen LogP contribution is -2.22. The van der Waals surface area contributed by atoms with Crippen molar-refractivity contribution in [3.05, 3.63) is 59.7 Å². The molecular formula is C17H21OP. The summed E-state index contributed by atoms with van der Waals surface area (Å²) in [5.74, 6) is 0. The maximum absolute atomic E-state index is 13.6. The Morgan fingerprint density at radius 1 is 0.842 bits per heavy atom. The van der Waals surface area contributed by atoms with E-state index in [1.54, 1.807) is 0 Å². The summed E-state index contributed by atoms with van der Waals surface area (Å²) in [6.45, 7) is 8.19. The molecule has 2 heteroatoms. The van der Waals surface area contributed by atoms with Gasteiger partial charge in [-0.05, 0) is 26.0 Å². The molecular weight excluding hydrogens is 251 g/mol. The van der Waals surface area contributed by atoms with Crippen molar-refractivity contribution in [2.45, 2.75) is 33.4 Å². The lowest BCUT2D eigenvalue weighted by atomic mass is 10.2. The van der Waals surface area contributed by atoms with Crippen LogP contribution in [0.15, 0.2) is 48.5 Å². The van der Waals surface area contributed by atoms with Crippen LogP contribution in [0.4, 0.5) is 0 Å². The van der Waals surface area contributed by atoms with Gasteiger partial charge >= 0.3 is 0 Å². The van der Waals surface area contributed by atoms with Gasteiger partial charge in [-0.1, -0.05) is 61.4 Å². The third-order valence-electron chi connectivity index (χ3n) is 3.50. The molecule has 0 N–H and O–H groups in total. The maximum Gasteiger partial charge on any atom is 0.145 e. The van der Waals surface area contributed by atoms with Crippen LogP contribution < -0.4 is 10.6 Å². The molecule has 0 saturated heterocycles. The summed E-state index contributed by atoms with van der Waals surface area (Å²) in [5, 5.41) is 1.93. The predicted octanol–water partition coefficient (Wildman–Crippen LogP) is 4.03. The van der Waals surface area contributed by atoms with Gasteiger partial charge in [0.25, 0.3) is 0 Å². The molecule has 2 aromatic rings. The van der Waals surface area contributed by atoms with E-state index >= 15 is 0 Å². The molecule has 0 aliphatic heterocycles. The molecule has 0 saturated carbocycles. The quantitative estimate of drug-likeness (QED) is 0.771. The zero-order valence-electron chi connectivity index (χ0n) is 12.1. The third-order valence-corrected chi connectivity index (χ3v) is 7.04. The van der Waals surface area contributed by atoms with Crippen LogP contribution in [0.3, 0.4) is 0 Å². The molecule has 100 valence electrons. The number of rotatable bonds is 3. The minimum absolute atomic E-state index is 0.107. The zero-order valence-corrected chi connectivity index (χ0v) is 12.9. The van der Waals surface area contributed by atoms with E-state index in [0.29, 0.717) is 0 Å². The summed E-state index contributed by atoms with van der Waals surface area (Å²) >= 11 is 0. The number of hydrogen-bond donors (Lipinski definition) is 0. The first-order valence-corrected chi connectivity index (χ1v) is 8.46. The molecule has 1 nitrogen and oxygen atoms in total. The first kappa shape index (κ1) is 14.1. The highest BCUT2D eigenvalue weighted by Crippen LogP contribution is 2.48. The molecule has 0 bridgehead atoms. The Bertz CT molecular complexity index is 579. The average Bonchev–Trinajstić information content (AvgIpc) is 2.37. The van der Waals surface area contributed by atoms with Gasteiger partial charge in [0.15, 0.2) is 0 Å². The van der Waals surface area contributed by atoms with Crippen LogP contribution in [0.5, 0.6) is 0 Å². The molecule has 0 aromatic heterocycles. The molecule has 0 spiro atoms. The average molecular weight is 272 g/mol. The van der Waals surface area contributed by atoms with Crippen molar-refractivity contribution in [3.8, 4) is 0 Å². The fourth-order valence-electron chi connectivity index (χ4n) is 2.41. The van der Waals surface area contributed by atoms with E-state index in [9.17, 15) is 4.57 Å². The van der Waals surface area contributed by atoms with Crippen molar-refractivity contribution in [1.82, 2.24) is 0 Å². The van der Waals surface area contributed by atoms with Gasteiger partial charge in [-0.3, -0.25) is 0 Å². The molecule has 19 heavy (non-hydrogen) atoms. The zero-order chi connectivity index (χ0) is 14.0. The Kier molecular flexibility index (Phi) is 3.96. The van der Waals surface area contributed by atoms with Crippen LogP contribution in [0.1, 0.15) is 25.0 Å². The maximum atomic E-state index is 13.6. The molecule has 0 radical (unpaired) electrons. The SMILES string of the molecule is Cc1cccc(P(=O)(c2cccc(C)c2)C(C)C)c1. The molecule has 2 aromatic carbocycles. The van der Waals surface area contributed by atoms with E-state index in [4.69, 9.17) is 0 Å². The topological polar surface area (TPSA) is 17.1 Å². The van der Waals surface area contributed by atoms with Gasteiger partial charge in [0.05, 0.1) is 0 Å². The second-order valence-electron chi connectivity index (χ2n) is 5.43. The summed E-state index contributed by atoms with van der Waals surface area (Å²) in [7, 11) is -2.55. The van der Waals surface area contributed by atoms with Gasteiger partial charge in [-0.25, -0.2) is 0 Å². The highest BCUT2D eigenvalue weighted by Gasteiger charge is 2.31. The van der Waals surface area contributed by atoms with Crippen LogP contribution in [0, 0.1) is 13.8 Å². The van der Waals surface area contributed by atoms with E-state index in [2.05, 4.69) is 12.1 Å². The Labute approximate surface area is 116 Å². The smallest absolute Gasteiger partial charge is 0.145 e. The second-order valence-corrected chi connectivity index (χ2v) is 8.81. The molecule has 0 heterocycles. The Hall–Kier alpha value is -1.33. The first-order chi connectivity index (χ1) is 8.94. The van der Waals surface area contributed by atoms with Crippen LogP contribution in [-0.2, 0) is 4.57 Å². The molecule has 0 amide bonds. The predicted molar refractivity (Wildman–Crippen MR) is 84.4 cm³/mol. The first-order valence-electron chi connectivity index (χ1n) is 6.69. The van der Waals surface area contributed by atoms with Gasteiger partial charge in [0, 0.05) is 16.3 Å². The van der Waals surface area contributed by atoms with Crippen molar-refractivity contribution in [1.29, 1.82) is 0 Å². The van der Waals surface area contributed by atoms with Crippen molar-refractivity contribution >= 4 is 17.8 Å². The van der Waals surface area contributed by atoms with Crippen molar-refractivity contribution < 1.29 is 4.57 Å². The standard InChI is InChI=1S/C17H21OP/c1-13(2)19(18,16-9-5-7-14(3)11-16)17-10-6-8-15(4)12-17/h5-13H,1-4H3. The highest BCUT2D eigenvalue weighted by atomic mass is 31.2. The van der Waals surface area contributed by atoms with Gasteiger partial charge in [0.2, 0.25) is 0 Å². The largest absolute Gasteiger partial charge is 0.313 e. The summed E-state index contributed by atoms with van der Waals surface area (Å²) in [5.41, 5.74) is 2.42. The Morgan fingerprint density at radius 3 is 1.58 bits per heavy atom.